The van der Waals surface area contributed by atoms with Crippen molar-refractivity contribution in [2.75, 3.05) is 7.11 Å². The quantitative estimate of drug-likeness (QED) is 0.354. The van der Waals surface area contributed by atoms with E-state index in [9.17, 15) is 4.79 Å². The van der Waals surface area contributed by atoms with Crippen LogP contribution in [0.4, 0.5) is 0 Å². The summed E-state index contributed by atoms with van der Waals surface area (Å²) in [4.78, 5) is 18.4. The van der Waals surface area contributed by atoms with Crippen LogP contribution in [0.1, 0.15) is 11.1 Å². The van der Waals surface area contributed by atoms with Crippen LogP contribution in [0.5, 0.6) is 5.75 Å². The number of methoxy groups -OCH3 is 1. The van der Waals surface area contributed by atoms with E-state index in [1.165, 1.54) is 21.4 Å². The molecule has 3 aromatic heterocycles. The first-order valence-electron chi connectivity index (χ1n) is 11.4. The molecule has 0 aliphatic rings. The Kier molecular flexibility index (Phi) is 5.42. The Morgan fingerprint density at radius 3 is 2.31 bits per heavy atom. The molecule has 7 nitrogen and oxygen atoms in total. The van der Waals surface area contributed by atoms with Crippen molar-refractivity contribution in [2.24, 2.45) is 0 Å². The smallest absolute Gasteiger partial charge is 0.291 e. The minimum Gasteiger partial charge on any atom is -0.497 e. The van der Waals surface area contributed by atoms with Crippen LogP contribution in [-0.4, -0.2) is 31.5 Å². The van der Waals surface area contributed by atoms with E-state index in [0.29, 0.717) is 15.3 Å². The van der Waals surface area contributed by atoms with Gasteiger partial charge < -0.3 is 4.74 Å². The van der Waals surface area contributed by atoms with Gasteiger partial charge in [-0.2, -0.15) is 14.6 Å². The lowest BCUT2D eigenvalue weighted by atomic mass is 10.1. The first-order chi connectivity index (χ1) is 17.6. The van der Waals surface area contributed by atoms with E-state index < -0.39 is 0 Å². The molecule has 0 radical (unpaired) electrons. The number of benzene rings is 3. The molecule has 0 saturated heterocycles. The second kappa shape index (κ2) is 8.90. The molecule has 0 saturated carbocycles. The molecule has 0 spiro atoms. The van der Waals surface area contributed by atoms with Gasteiger partial charge in [0, 0.05) is 22.9 Å². The highest BCUT2D eigenvalue weighted by molar-refractivity contribution is 7.15. The van der Waals surface area contributed by atoms with Crippen molar-refractivity contribution in [3.63, 3.8) is 0 Å². The van der Waals surface area contributed by atoms with E-state index in [1.54, 1.807) is 7.11 Å². The molecule has 0 amide bonds. The van der Waals surface area contributed by atoms with Crippen molar-refractivity contribution < 1.29 is 4.74 Å². The van der Waals surface area contributed by atoms with E-state index in [0.717, 1.165) is 33.8 Å². The summed E-state index contributed by atoms with van der Waals surface area (Å²) < 4.78 is 8.96. The van der Waals surface area contributed by atoms with Gasteiger partial charge in [0.15, 0.2) is 5.82 Å². The standard InChI is InChI=1S/C28H21N5O2S/c1-18-8-10-19(11-9-18)25-21(17-32(30-25)22-6-4-3-5-7-22)16-24-27(34)33-28(36-24)29-26(31-33)20-12-14-23(35-2)15-13-20/h3-17H,1-2H3/b24-16+. The van der Waals surface area contributed by atoms with Crippen LogP contribution in [-0.2, 0) is 0 Å². The third-order valence-corrected chi connectivity index (χ3v) is 6.86. The van der Waals surface area contributed by atoms with E-state index in [4.69, 9.17) is 9.84 Å². The summed E-state index contributed by atoms with van der Waals surface area (Å²) in [5.41, 5.74) is 5.37. The molecule has 0 N–H and O–H groups in total. The predicted molar refractivity (Wildman–Crippen MR) is 142 cm³/mol. The van der Waals surface area contributed by atoms with Gasteiger partial charge in [-0.05, 0) is 49.4 Å². The first-order valence-corrected chi connectivity index (χ1v) is 12.2. The largest absolute Gasteiger partial charge is 0.497 e. The van der Waals surface area contributed by atoms with Crippen molar-refractivity contribution >= 4 is 22.4 Å². The molecular formula is C28H21N5O2S. The van der Waals surface area contributed by atoms with Gasteiger partial charge in [-0.1, -0.05) is 59.4 Å². The normalized spacial score (nSPS) is 11.9. The fourth-order valence-electron chi connectivity index (χ4n) is 3.98. The molecule has 6 rings (SSSR count). The lowest BCUT2D eigenvalue weighted by Crippen LogP contribution is -2.23. The third kappa shape index (κ3) is 3.97. The van der Waals surface area contributed by atoms with E-state index in [2.05, 4.69) is 29.1 Å². The van der Waals surface area contributed by atoms with Gasteiger partial charge in [0.1, 0.15) is 5.75 Å². The summed E-state index contributed by atoms with van der Waals surface area (Å²) in [6, 6.07) is 25.6. The van der Waals surface area contributed by atoms with Crippen LogP contribution < -0.4 is 14.8 Å². The zero-order valence-electron chi connectivity index (χ0n) is 19.6. The van der Waals surface area contributed by atoms with Gasteiger partial charge in [0.25, 0.3) is 5.56 Å². The second-order valence-corrected chi connectivity index (χ2v) is 9.36. The molecule has 8 heteroatoms. The van der Waals surface area contributed by atoms with Crippen LogP contribution in [0.15, 0.2) is 89.9 Å². The Balaban J connectivity index is 1.46. The Hall–Kier alpha value is -4.56. The van der Waals surface area contributed by atoms with Crippen LogP contribution in [0.3, 0.4) is 0 Å². The maximum atomic E-state index is 13.2. The monoisotopic (exact) mass is 491 g/mol. The van der Waals surface area contributed by atoms with Gasteiger partial charge in [-0.3, -0.25) is 4.79 Å². The Morgan fingerprint density at radius 1 is 0.889 bits per heavy atom. The average molecular weight is 492 g/mol. The Morgan fingerprint density at radius 2 is 1.61 bits per heavy atom. The summed E-state index contributed by atoms with van der Waals surface area (Å²) in [7, 11) is 1.62. The number of ether oxygens (including phenoxy) is 1. The van der Waals surface area contributed by atoms with Crippen LogP contribution >= 0.6 is 11.3 Å². The van der Waals surface area contributed by atoms with Crippen LogP contribution in [0.25, 0.3) is 39.4 Å². The maximum absolute atomic E-state index is 13.2. The molecule has 0 bridgehead atoms. The lowest BCUT2D eigenvalue weighted by molar-refractivity contribution is 0.415. The summed E-state index contributed by atoms with van der Waals surface area (Å²) in [6.07, 6.45) is 3.82. The number of aryl methyl sites for hydroxylation is 1. The van der Waals surface area contributed by atoms with Gasteiger partial charge in [0.05, 0.1) is 23.0 Å². The summed E-state index contributed by atoms with van der Waals surface area (Å²) in [5.74, 6) is 1.26. The molecule has 3 aromatic carbocycles. The minimum absolute atomic E-state index is 0.204. The SMILES string of the molecule is COc1ccc(-c2nc3s/c(=C/c4cn(-c5ccccc5)nc4-c4ccc(C)cc4)c(=O)n3n2)cc1. The topological polar surface area (TPSA) is 74.3 Å². The lowest BCUT2D eigenvalue weighted by Gasteiger charge is -2.01. The number of aromatic nitrogens is 5. The molecular weight excluding hydrogens is 470 g/mol. The van der Waals surface area contributed by atoms with Crippen LogP contribution in [0, 0.1) is 6.92 Å². The summed E-state index contributed by atoms with van der Waals surface area (Å²) in [6.45, 7) is 2.05. The number of nitrogens with zero attached hydrogens (tertiary/aromatic N) is 5. The molecule has 0 unspecified atom stereocenters. The van der Waals surface area contributed by atoms with E-state index in [1.807, 2.05) is 83.7 Å². The molecule has 6 aromatic rings. The number of rotatable bonds is 5. The number of hydrogen-bond donors (Lipinski definition) is 0. The van der Waals surface area contributed by atoms with Gasteiger partial charge in [0.2, 0.25) is 4.96 Å². The van der Waals surface area contributed by atoms with Crippen molar-refractivity contribution in [1.82, 2.24) is 24.4 Å². The van der Waals surface area contributed by atoms with Gasteiger partial charge >= 0.3 is 0 Å². The number of hydrogen-bond acceptors (Lipinski definition) is 6. The van der Waals surface area contributed by atoms with E-state index >= 15 is 0 Å². The molecule has 3 heterocycles. The molecule has 36 heavy (non-hydrogen) atoms. The summed E-state index contributed by atoms with van der Waals surface area (Å²) in [5, 5.41) is 9.32. The molecule has 176 valence electrons. The Labute approximate surface area is 210 Å². The molecule has 0 fully saturated rings. The zero-order chi connectivity index (χ0) is 24.6. The third-order valence-electron chi connectivity index (χ3n) is 5.90. The van der Waals surface area contributed by atoms with Crippen LogP contribution in [0.2, 0.25) is 0 Å². The fraction of sp³-hybridized carbons (Fsp3) is 0.0714. The molecule has 0 aliphatic heterocycles. The predicted octanol–water partition coefficient (Wildman–Crippen LogP) is 4.54. The van der Waals surface area contributed by atoms with Gasteiger partial charge in [-0.15, -0.1) is 5.10 Å². The number of para-hydroxylation sites is 1. The number of thiazole rings is 1. The number of fused-ring (bicyclic) bond motifs is 1. The first kappa shape index (κ1) is 21.9. The van der Waals surface area contributed by atoms with Crippen molar-refractivity contribution in [3.8, 4) is 34.1 Å². The average Bonchev–Trinajstić information content (AvgIpc) is 3.60. The zero-order valence-corrected chi connectivity index (χ0v) is 20.4. The molecule has 0 aliphatic carbocycles. The van der Waals surface area contributed by atoms with Gasteiger partial charge in [-0.25, -0.2) is 4.68 Å². The van der Waals surface area contributed by atoms with Crippen molar-refractivity contribution in [3.05, 3.63) is 111 Å². The summed E-state index contributed by atoms with van der Waals surface area (Å²) >= 11 is 1.31. The minimum atomic E-state index is -0.204. The molecule has 0 atom stereocenters. The Bertz CT molecular complexity index is 1780. The van der Waals surface area contributed by atoms with E-state index in [-0.39, 0.29) is 5.56 Å². The highest BCUT2D eigenvalue weighted by Crippen LogP contribution is 2.25. The maximum Gasteiger partial charge on any atom is 0.291 e. The fourth-order valence-corrected chi connectivity index (χ4v) is 4.88. The highest BCUT2D eigenvalue weighted by Gasteiger charge is 2.15. The second-order valence-electron chi connectivity index (χ2n) is 8.35. The van der Waals surface area contributed by atoms with Crippen molar-refractivity contribution in [2.45, 2.75) is 6.92 Å². The highest BCUT2D eigenvalue weighted by atomic mass is 32.1. The van der Waals surface area contributed by atoms with Crippen molar-refractivity contribution in [1.29, 1.82) is 0 Å².